The molecular formula is C29H22O6. The molecule has 0 aliphatic rings. The molecule has 1 heterocycles. The quantitative estimate of drug-likeness (QED) is 0.226. The summed E-state index contributed by atoms with van der Waals surface area (Å²) in [5.41, 5.74) is 0.979. The number of ketones is 1. The van der Waals surface area contributed by atoms with Gasteiger partial charge in [-0.2, -0.15) is 0 Å². The summed E-state index contributed by atoms with van der Waals surface area (Å²) in [6, 6.07) is 22.5. The number of rotatable bonds is 6. The molecule has 0 saturated carbocycles. The van der Waals surface area contributed by atoms with Crippen LogP contribution in [0.3, 0.4) is 0 Å². The number of Topliss-reactive ketones (excluding diaryl/α,β-unsaturated/α-hetero) is 1. The third kappa shape index (κ3) is 3.99. The van der Waals surface area contributed by atoms with Gasteiger partial charge in [0, 0.05) is 18.4 Å². The van der Waals surface area contributed by atoms with Gasteiger partial charge in [-0.3, -0.25) is 9.59 Å². The topological polar surface area (TPSA) is 108 Å². The average molecular weight is 466 g/mol. The minimum Gasteiger partial charge on any atom is -0.508 e. The van der Waals surface area contributed by atoms with Crippen molar-refractivity contribution in [3.8, 4) is 17.2 Å². The maximum absolute atomic E-state index is 13.4. The molecule has 0 radical (unpaired) electrons. The van der Waals surface area contributed by atoms with Crippen LogP contribution in [0.4, 0.5) is 0 Å². The number of phenols is 3. The van der Waals surface area contributed by atoms with Gasteiger partial charge in [0.1, 0.15) is 39.4 Å². The lowest BCUT2D eigenvalue weighted by Gasteiger charge is -2.16. The predicted molar refractivity (Wildman–Crippen MR) is 133 cm³/mol. The zero-order valence-corrected chi connectivity index (χ0v) is 18.7. The van der Waals surface area contributed by atoms with E-state index < -0.39 is 22.7 Å². The van der Waals surface area contributed by atoms with E-state index in [1.54, 1.807) is 42.5 Å². The summed E-state index contributed by atoms with van der Waals surface area (Å²) in [4.78, 5) is 26.6. The van der Waals surface area contributed by atoms with Crippen LogP contribution in [0, 0.1) is 0 Å². The van der Waals surface area contributed by atoms with Crippen LogP contribution in [-0.2, 0) is 12.8 Å². The van der Waals surface area contributed by atoms with Gasteiger partial charge in [-0.25, -0.2) is 0 Å². The van der Waals surface area contributed by atoms with E-state index in [9.17, 15) is 24.9 Å². The van der Waals surface area contributed by atoms with Crippen molar-refractivity contribution < 1.29 is 24.5 Å². The molecule has 4 aromatic carbocycles. The molecule has 5 aromatic rings. The highest BCUT2D eigenvalue weighted by atomic mass is 16.3. The fraction of sp³-hybridized carbons (Fsp3) is 0.103. The lowest BCUT2D eigenvalue weighted by molar-refractivity contribution is 0.0977. The fourth-order valence-corrected chi connectivity index (χ4v) is 4.37. The first-order valence-electron chi connectivity index (χ1n) is 11.2. The maximum Gasteiger partial charge on any atom is 0.204 e. The number of phenolic OH excluding ortho intramolecular Hbond substituents is 3. The number of hydrogen-bond donors (Lipinski definition) is 3. The molecule has 0 fully saturated rings. The van der Waals surface area contributed by atoms with Gasteiger partial charge in [-0.15, -0.1) is 0 Å². The number of para-hydroxylation sites is 2. The molecule has 0 aliphatic carbocycles. The Kier molecular flexibility index (Phi) is 5.71. The summed E-state index contributed by atoms with van der Waals surface area (Å²) < 4.78 is 5.98. The molecule has 0 bridgehead atoms. The molecule has 0 atom stereocenters. The van der Waals surface area contributed by atoms with Crippen LogP contribution in [0.1, 0.15) is 33.5 Å². The summed E-state index contributed by atoms with van der Waals surface area (Å²) in [7, 11) is 0. The first kappa shape index (κ1) is 22.2. The van der Waals surface area contributed by atoms with Gasteiger partial charge in [0.05, 0.1) is 5.39 Å². The van der Waals surface area contributed by atoms with Crippen molar-refractivity contribution >= 4 is 27.7 Å². The highest BCUT2D eigenvalue weighted by Gasteiger charge is 2.28. The zero-order chi connectivity index (χ0) is 24.5. The molecule has 1 aromatic heterocycles. The van der Waals surface area contributed by atoms with Gasteiger partial charge in [0.25, 0.3) is 0 Å². The number of fused-ring (bicyclic) bond motifs is 2. The normalized spacial score (nSPS) is 11.2. The van der Waals surface area contributed by atoms with E-state index in [0.29, 0.717) is 12.0 Å². The molecule has 3 N–H and O–H groups in total. The first-order valence-corrected chi connectivity index (χ1v) is 11.2. The Morgan fingerprint density at radius 1 is 0.800 bits per heavy atom. The van der Waals surface area contributed by atoms with Crippen molar-refractivity contribution in [1.29, 1.82) is 0 Å². The Morgan fingerprint density at radius 3 is 2.26 bits per heavy atom. The number of carbonyl (C=O) groups is 1. The van der Waals surface area contributed by atoms with Crippen LogP contribution >= 0.6 is 0 Å². The van der Waals surface area contributed by atoms with E-state index in [0.717, 1.165) is 5.56 Å². The van der Waals surface area contributed by atoms with Gasteiger partial charge in [0.15, 0.2) is 5.78 Å². The number of aromatic hydroxyl groups is 3. The van der Waals surface area contributed by atoms with E-state index in [1.165, 1.54) is 6.07 Å². The fourth-order valence-electron chi connectivity index (χ4n) is 4.37. The number of carbonyl (C=O) groups excluding carboxylic acids is 1. The Hall–Kier alpha value is -4.58. The highest BCUT2D eigenvalue weighted by molar-refractivity contribution is 6.09. The van der Waals surface area contributed by atoms with Crippen LogP contribution in [0.5, 0.6) is 17.2 Å². The Bertz CT molecular complexity index is 1630. The number of benzene rings is 4. The molecule has 6 heteroatoms. The van der Waals surface area contributed by atoms with Gasteiger partial charge in [-0.05, 0) is 35.7 Å². The second-order valence-electron chi connectivity index (χ2n) is 8.40. The second kappa shape index (κ2) is 8.99. The average Bonchev–Trinajstić information content (AvgIpc) is 2.87. The molecule has 0 aliphatic heterocycles. The molecule has 0 unspecified atom stereocenters. The Labute approximate surface area is 200 Å². The van der Waals surface area contributed by atoms with E-state index in [4.69, 9.17) is 4.42 Å². The highest BCUT2D eigenvalue weighted by Crippen LogP contribution is 2.42. The van der Waals surface area contributed by atoms with E-state index in [-0.39, 0.29) is 51.7 Å². The first-order chi connectivity index (χ1) is 17.0. The van der Waals surface area contributed by atoms with Crippen LogP contribution in [0.25, 0.3) is 21.9 Å². The molecular weight excluding hydrogens is 444 g/mol. The van der Waals surface area contributed by atoms with Gasteiger partial charge in [-0.1, -0.05) is 60.7 Å². The van der Waals surface area contributed by atoms with Gasteiger partial charge < -0.3 is 19.7 Å². The molecule has 35 heavy (non-hydrogen) atoms. The van der Waals surface area contributed by atoms with Crippen molar-refractivity contribution in [2.24, 2.45) is 0 Å². The van der Waals surface area contributed by atoms with Crippen LogP contribution < -0.4 is 5.43 Å². The zero-order valence-electron chi connectivity index (χ0n) is 18.7. The minimum absolute atomic E-state index is 0.00628. The summed E-state index contributed by atoms with van der Waals surface area (Å²) in [5, 5.41) is 32.7. The van der Waals surface area contributed by atoms with Crippen molar-refractivity contribution in [3.63, 3.8) is 0 Å². The smallest absolute Gasteiger partial charge is 0.204 e. The van der Waals surface area contributed by atoms with E-state index >= 15 is 0 Å². The van der Waals surface area contributed by atoms with Crippen LogP contribution in [0.2, 0.25) is 0 Å². The monoisotopic (exact) mass is 466 g/mol. The molecule has 0 spiro atoms. The maximum atomic E-state index is 13.4. The lowest BCUT2D eigenvalue weighted by atomic mass is 9.92. The second-order valence-corrected chi connectivity index (χ2v) is 8.40. The number of hydrogen-bond acceptors (Lipinski definition) is 6. The van der Waals surface area contributed by atoms with Gasteiger partial charge in [0.2, 0.25) is 5.43 Å². The summed E-state index contributed by atoms with van der Waals surface area (Å²) in [6.45, 7) is 0. The van der Waals surface area contributed by atoms with Crippen molar-refractivity contribution in [3.05, 3.63) is 111 Å². The largest absolute Gasteiger partial charge is 0.508 e. The molecule has 6 nitrogen and oxygen atoms in total. The summed E-state index contributed by atoms with van der Waals surface area (Å²) in [5.74, 6) is -1.57. The van der Waals surface area contributed by atoms with Crippen LogP contribution in [0.15, 0.2) is 88.1 Å². The lowest BCUT2D eigenvalue weighted by Crippen LogP contribution is -2.10. The number of aryl methyl sites for hydroxylation is 1. The molecule has 174 valence electrons. The molecule has 5 rings (SSSR count). The van der Waals surface area contributed by atoms with Crippen molar-refractivity contribution in [2.45, 2.75) is 19.3 Å². The minimum atomic E-state index is -0.601. The third-order valence-electron chi connectivity index (χ3n) is 6.19. The van der Waals surface area contributed by atoms with E-state index in [1.807, 2.05) is 30.3 Å². The van der Waals surface area contributed by atoms with Gasteiger partial charge >= 0.3 is 0 Å². The summed E-state index contributed by atoms with van der Waals surface area (Å²) in [6.07, 6.45) is 0.402. The van der Waals surface area contributed by atoms with Crippen molar-refractivity contribution in [2.75, 3.05) is 0 Å². The van der Waals surface area contributed by atoms with Crippen LogP contribution in [-0.4, -0.2) is 21.1 Å². The predicted octanol–water partition coefficient (Wildman–Crippen LogP) is 5.47. The third-order valence-corrected chi connectivity index (χ3v) is 6.19. The molecule has 0 amide bonds. The Balaban J connectivity index is 1.73. The van der Waals surface area contributed by atoms with Crippen molar-refractivity contribution in [1.82, 2.24) is 0 Å². The SMILES string of the molecule is O=C(CCc1ccccc1)c1c(O)c(Cc2ccccc2O)c2oc3ccccc3c(=O)c2c1O. The standard InChI is InChI=1S/C29H22O6/c30-21-12-6-4-10-18(21)16-20-27(33)24(22(31)15-14-17-8-2-1-3-9-17)28(34)25-26(32)19-11-5-7-13-23(19)35-29(20)25/h1-13,30,33-34H,14-16H2. The Morgan fingerprint density at radius 2 is 1.49 bits per heavy atom. The van der Waals surface area contributed by atoms with E-state index in [2.05, 4.69) is 0 Å². The summed E-state index contributed by atoms with van der Waals surface area (Å²) >= 11 is 0. The molecule has 0 saturated heterocycles.